The molecule has 0 spiro atoms. The molecule has 2 aromatic rings. The molecule has 0 aliphatic rings. The van der Waals surface area contributed by atoms with E-state index in [9.17, 15) is 4.79 Å². The highest BCUT2D eigenvalue weighted by atomic mass is 16.1. The molecule has 0 unspecified atom stereocenters. The van der Waals surface area contributed by atoms with Crippen molar-refractivity contribution in [3.63, 3.8) is 0 Å². The first-order chi connectivity index (χ1) is 9.99. The molecule has 0 saturated heterocycles. The summed E-state index contributed by atoms with van der Waals surface area (Å²) in [6.07, 6.45) is 0. The largest absolute Gasteiger partial charge is 0.399 e. The second-order valence-electron chi connectivity index (χ2n) is 4.98. The van der Waals surface area contributed by atoms with Gasteiger partial charge in [-0.3, -0.25) is 4.79 Å². The Morgan fingerprint density at radius 3 is 2.67 bits per heavy atom. The molecule has 2 rings (SSSR count). The molecule has 5 nitrogen and oxygen atoms in total. The van der Waals surface area contributed by atoms with E-state index in [0.717, 1.165) is 29.3 Å². The van der Waals surface area contributed by atoms with Gasteiger partial charge in [-0.2, -0.15) is 0 Å². The fourth-order valence-electron chi connectivity index (χ4n) is 2.22. The van der Waals surface area contributed by atoms with Crippen LogP contribution in [0.1, 0.15) is 28.5 Å². The van der Waals surface area contributed by atoms with E-state index in [1.807, 2.05) is 38.1 Å². The van der Waals surface area contributed by atoms with Crippen LogP contribution in [0.25, 0.3) is 0 Å². The summed E-state index contributed by atoms with van der Waals surface area (Å²) >= 11 is 0. The number of benzene rings is 1. The first-order valence-corrected chi connectivity index (χ1v) is 6.87. The zero-order valence-electron chi connectivity index (χ0n) is 12.3. The van der Waals surface area contributed by atoms with Crippen LogP contribution >= 0.6 is 0 Å². The van der Waals surface area contributed by atoms with Crippen molar-refractivity contribution >= 4 is 17.4 Å². The molecule has 0 aliphatic heterocycles. The number of nitrogens with zero attached hydrogens (tertiary/aromatic N) is 2. The van der Waals surface area contributed by atoms with Gasteiger partial charge < -0.3 is 16.4 Å². The smallest absolute Gasteiger partial charge is 0.248 e. The lowest BCUT2D eigenvalue weighted by atomic mass is 10.1. The minimum atomic E-state index is -0.443. The first-order valence-electron chi connectivity index (χ1n) is 6.87. The van der Waals surface area contributed by atoms with Gasteiger partial charge >= 0.3 is 0 Å². The number of hydrogen-bond donors (Lipinski definition) is 2. The maximum absolute atomic E-state index is 11.4. The predicted octanol–water partition coefficient (Wildman–Crippen LogP) is 2.10. The van der Waals surface area contributed by atoms with Crippen LogP contribution in [0.15, 0.2) is 36.4 Å². The van der Waals surface area contributed by atoms with Crippen LogP contribution in [0.5, 0.6) is 0 Å². The van der Waals surface area contributed by atoms with Crippen molar-refractivity contribution in [2.24, 2.45) is 5.73 Å². The maximum Gasteiger partial charge on any atom is 0.248 e. The fourth-order valence-corrected chi connectivity index (χ4v) is 2.22. The van der Waals surface area contributed by atoms with E-state index < -0.39 is 5.91 Å². The monoisotopic (exact) mass is 284 g/mol. The minimum Gasteiger partial charge on any atom is -0.399 e. The Kier molecular flexibility index (Phi) is 4.42. The van der Waals surface area contributed by atoms with Gasteiger partial charge in [0, 0.05) is 30.0 Å². The second-order valence-corrected chi connectivity index (χ2v) is 4.98. The zero-order valence-corrected chi connectivity index (χ0v) is 12.3. The van der Waals surface area contributed by atoms with Crippen LogP contribution in [0.4, 0.5) is 11.5 Å². The Morgan fingerprint density at radius 2 is 2.05 bits per heavy atom. The van der Waals surface area contributed by atoms with Gasteiger partial charge in [-0.05, 0) is 43.7 Å². The topological polar surface area (TPSA) is 85.2 Å². The normalized spacial score (nSPS) is 10.4. The molecule has 0 fully saturated rings. The van der Waals surface area contributed by atoms with Gasteiger partial charge in [0.15, 0.2) is 0 Å². The Morgan fingerprint density at radius 1 is 1.29 bits per heavy atom. The van der Waals surface area contributed by atoms with Gasteiger partial charge in [0.25, 0.3) is 0 Å². The summed E-state index contributed by atoms with van der Waals surface area (Å²) in [5.74, 6) is 0.301. The van der Waals surface area contributed by atoms with E-state index in [0.29, 0.717) is 12.1 Å². The van der Waals surface area contributed by atoms with Gasteiger partial charge in [-0.15, -0.1) is 0 Å². The molecule has 0 bridgehead atoms. The first kappa shape index (κ1) is 14.8. The highest BCUT2D eigenvalue weighted by Gasteiger charge is 2.11. The van der Waals surface area contributed by atoms with Crippen molar-refractivity contribution < 1.29 is 4.79 Å². The average molecular weight is 284 g/mol. The van der Waals surface area contributed by atoms with Crippen LogP contribution in [0.3, 0.4) is 0 Å². The molecule has 0 aliphatic carbocycles. The number of anilines is 2. The fraction of sp³-hybridized carbons (Fsp3) is 0.250. The van der Waals surface area contributed by atoms with Gasteiger partial charge in [0.2, 0.25) is 5.91 Å². The van der Waals surface area contributed by atoms with E-state index in [2.05, 4.69) is 9.88 Å². The number of rotatable bonds is 5. The molecular formula is C16H20N4O. The average Bonchev–Trinajstić information content (AvgIpc) is 2.44. The number of amides is 1. The molecule has 110 valence electrons. The van der Waals surface area contributed by atoms with Crippen LogP contribution < -0.4 is 16.4 Å². The van der Waals surface area contributed by atoms with Crippen molar-refractivity contribution in [2.75, 3.05) is 17.2 Å². The number of carbonyl (C=O) groups excluding carboxylic acids is 1. The number of nitrogens with two attached hydrogens (primary N) is 2. The number of aryl methyl sites for hydroxylation is 1. The van der Waals surface area contributed by atoms with Gasteiger partial charge in [-0.25, -0.2) is 4.98 Å². The third kappa shape index (κ3) is 3.72. The summed E-state index contributed by atoms with van der Waals surface area (Å²) in [6, 6.07) is 11.2. The van der Waals surface area contributed by atoms with Crippen molar-refractivity contribution in [2.45, 2.75) is 20.4 Å². The Bertz CT molecular complexity index is 654. The molecule has 21 heavy (non-hydrogen) atoms. The lowest BCUT2D eigenvalue weighted by Crippen LogP contribution is -2.24. The lowest BCUT2D eigenvalue weighted by molar-refractivity contribution is 0.1000. The predicted molar refractivity (Wildman–Crippen MR) is 85.1 cm³/mol. The number of aromatic nitrogens is 1. The standard InChI is InChI=1S/C16H20N4O/c1-3-20(10-12-5-4-6-14(17)8-12)15-9-13(16(18)21)7-11(2)19-15/h4-9H,3,10,17H2,1-2H3,(H2,18,21). The summed E-state index contributed by atoms with van der Waals surface area (Å²) in [5.41, 5.74) is 14.2. The molecule has 1 amide bonds. The highest BCUT2D eigenvalue weighted by Crippen LogP contribution is 2.18. The van der Waals surface area contributed by atoms with Gasteiger partial charge in [0.05, 0.1) is 0 Å². The summed E-state index contributed by atoms with van der Waals surface area (Å²) in [7, 11) is 0. The van der Waals surface area contributed by atoms with Crippen molar-refractivity contribution in [1.29, 1.82) is 0 Å². The van der Waals surface area contributed by atoms with E-state index >= 15 is 0 Å². The molecule has 1 heterocycles. The number of nitrogen functional groups attached to an aromatic ring is 1. The number of primary amides is 1. The maximum atomic E-state index is 11.4. The molecule has 5 heteroatoms. The number of hydrogen-bond acceptors (Lipinski definition) is 4. The summed E-state index contributed by atoms with van der Waals surface area (Å²) in [5, 5.41) is 0. The third-order valence-electron chi connectivity index (χ3n) is 3.25. The molecule has 0 saturated carbocycles. The molecule has 0 radical (unpaired) electrons. The van der Waals surface area contributed by atoms with Crippen molar-refractivity contribution in [1.82, 2.24) is 4.98 Å². The van der Waals surface area contributed by atoms with Crippen LogP contribution in [0.2, 0.25) is 0 Å². The van der Waals surface area contributed by atoms with E-state index in [4.69, 9.17) is 11.5 Å². The summed E-state index contributed by atoms with van der Waals surface area (Å²) in [4.78, 5) is 17.9. The second kappa shape index (κ2) is 6.26. The molecular weight excluding hydrogens is 264 g/mol. The molecule has 0 atom stereocenters. The van der Waals surface area contributed by atoms with Crippen LogP contribution in [0, 0.1) is 6.92 Å². The van der Waals surface area contributed by atoms with Crippen LogP contribution in [-0.4, -0.2) is 17.4 Å². The zero-order chi connectivity index (χ0) is 15.4. The molecule has 1 aromatic heterocycles. The van der Waals surface area contributed by atoms with Crippen molar-refractivity contribution in [3.8, 4) is 0 Å². The Labute approximate surface area is 124 Å². The van der Waals surface area contributed by atoms with Gasteiger partial charge in [-0.1, -0.05) is 12.1 Å². The number of pyridine rings is 1. The minimum absolute atomic E-state index is 0.443. The third-order valence-corrected chi connectivity index (χ3v) is 3.25. The van der Waals surface area contributed by atoms with Crippen LogP contribution in [-0.2, 0) is 6.54 Å². The summed E-state index contributed by atoms with van der Waals surface area (Å²) in [6.45, 7) is 5.34. The molecule has 1 aromatic carbocycles. The SMILES string of the molecule is CCN(Cc1cccc(N)c1)c1cc(C(N)=O)cc(C)n1. The lowest BCUT2D eigenvalue weighted by Gasteiger charge is -2.23. The van der Waals surface area contributed by atoms with E-state index in [1.165, 1.54) is 0 Å². The highest BCUT2D eigenvalue weighted by molar-refractivity contribution is 5.93. The van der Waals surface area contributed by atoms with E-state index in [1.54, 1.807) is 12.1 Å². The quantitative estimate of drug-likeness (QED) is 0.823. The number of carbonyl (C=O) groups is 1. The Hall–Kier alpha value is -2.56. The Balaban J connectivity index is 2.31. The summed E-state index contributed by atoms with van der Waals surface area (Å²) < 4.78 is 0. The molecule has 4 N–H and O–H groups in total. The van der Waals surface area contributed by atoms with E-state index in [-0.39, 0.29) is 0 Å². The van der Waals surface area contributed by atoms with Gasteiger partial charge in [0.1, 0.15) is 5.82 Å². The van der Waals surface area contributed by atoms with Crippen molar-refractivity contribution in [3.05, 3.63) is 53.2 Å².